The number of nitrogens with zero attached hydrogens (tertiary/aromatic N) is 1. The third-order valence-electron chi connectivity index (χ3n) is 5.08. The summed E-state index contributed by atoms with van der Waals surface area (Å²) < 4.78 is 5.23. The minimum Gasteiger partial charge on any atom is -0.467 e. The zero-order valence-corrected chi connectivity index (χ0v) is 17.4. The van der Waals surface area contributed by atoms with E-state index >= 15 is 0 Å². The second-order valence-corrected chi connectivity index (χ2v) is 7.29. The van der Waals surface area contributed by atoms with Gasteiger partial charge in [0.2, 0.25) is 0 Å². The molecule has 32 heavy (non-hydrogen) atoms. The van der Waals surface area contributed by atoms with Crippen LogP contribution in [0.25, 0.3) is 0 Å². The van der Waals surface area contributed by atoms with Gasteiger partial charge in [0.25, 0.3) is 23.6 Å². The summed E-state index contributed by atoms with van der Waals surface area (Å²) in [5, 5.41) is 5.51. The SMILES string of the molecule is CCCNC(=O)c1ccccc1NC(=O)c1ccc2c(c1)C(=O)N(Cc1ccco1)C2=O. The second kappa shape index (κ2) is 8.89. The predicted octanol–water partition coefficient (Wildman–Crippen LogP) is 3.47. The normalized spacial score (nSPS) is 12.6. The fourth-order valence-corrected chi connectivity index (χ4v) is 3.45. The number of nitrogens with one attached hydrogen (secondary N) is 2. The summed E-state index contributed by atoms with van der Waals surface area (Å²) in [6.45, 7) is 2.49. The van der Waals surface area contributed by atoms with Crippen LogP contribution >= 0.6 is 0 Å². The number of para-hydroxylation sites is 1. The zero-order chi connectivity index (χ0) is 22.7. The Hall–Kier alpha value is -4.20. The smallest absolute Gasteiger partial charge is 0.261 e. The summed E-state index contributed by atoms with van der Waals surface area (Å²) >= 11 is 0. The lowest BCUT2D eigenvalue weighted by Gasteiger charge is -2.11. The van der Waals surface area contributed by atoms with Crippen molar-refractivity contribution in [2.45, 2.75) is 19.9 Å². The fraction of sp³-hybridized carbons (Fsp3) is 0.167. The van der Waals surface area contributed by atoms with Crippen LogP contribution < -0.4 is 10.6 Å². The van der Waals surface area contributed by atoms with E-state index in [4.69, 9.17) is 4.42 Å². The molecule has 162 valence electrons. The van der Waals surface area contributed by atoms with Crippen molar-refractivity contribution in [1.82, 2.24) is 10.2 Å². The number of hydrogen-bond donors (Lipinski definition) is 2. The van der Waals surface area contributed by atoms with E-state index < -0.39 is 17.7 Å². The molecule has 1 aliphatic heterocycles. The van der Waals surface area contributed by atoms with Gasteiger partial charge in [-0.15, -0.1) is 0 Å². The topological polar surface area (TPSA) is 109 Å². The number of imide groups is 1. The van der Waals surface area contributed by atoms with Gasteiger partial charge in [-0.2, -0.15) is 0 Å². The van der Waals surface area contributed by atoms with Crippen molar-refractivity contribution in [3.05, 3.63) is 88.9 Å². The molecular weight excluding hydrogens is 410 g/mol. The van der Waals surface area contributed by atoms with Gasteiger partial charge in [0.15, 0.2) is 0 Å². The number of amides is 4. The molecule has 3 aromatic rings. The van der Waals surface area contributed by atoms with Crippen molar-refractivity contribution in [3.8, 4) is 0 Å². The maximum Gasteiger partial charge on any atom is 0.261 e. The Morgan fingerprint density at radius 1 is 0.938 bits per heavy atom. The lowest BCUT2D eigenvalue weighted by Crippen LogP contribution is -2.28. The van der Waals surface area contributed by atoms with E-state index in [0.717, 1.165) is 11.3 Å². The highest BCUT2D eigenvalue weighted by Crippen LogP contribution is 2.26. The van der Waals surface area contributed by atoms with E-state index in [1.807, 2.05) is 6.92 Å². The maximum atomic E-state index is 12.9. The first-order chi connectivity index (χ1) is 15.5. The van der Waals surface area contributed by atoms with E-state index in [1.165, 1.54) is 24.5 Å². The standard InChI is InChI=1S/C24H21N3O5/c1-2-11-25-22(29)18-7-3-4-8-20(18)26-21(28)15-9-10-17-19(13-15)24(31)27(23(17)30)14-16-6-5-12-32-16/h3-10,12-13H,2,11,14H2,1H3,(H,25,29)(H,26,28). The highest BCUT2D eigenvalue weighted by Gasteiger charge is 2.36. The molecule has 0 spiro atoms. The van der Waals surface area contributed by atoms with Crippen LogP contribution in [-0.4, -0.2) is 35.1 Å². The molecule has 8 nitrogen and oxygen atoms in total. The van der Waals surface area contributed by atoms with Crippen LogP contribution in [-0.2, 0) is 6.54 Å². The highest BCUT2D eigenvalue weighted by atomic mass is 16.3. The molecule has 1 aromatic heterocycles. The second-order valence-electron chi connectivity index (χ2n) is 7.29. The molecule has 0 radical (unpaired) electrons. The Morgan fingerprint density at radius 2 is 1.72 bits per heavy atom. The van der Waals surface area contributed by atoms with Crippen molar-refractivity contribution in [2.24, 2.45) is 0 Å². The van der Waals surface area contributed by atoms with Crippen LogP contribution in [0.3, 0.4) is 0 Å². The van der Waals surface area contributed by atoms with Gasteiger partial charge in [0.05, 0.1) is 35.2 Å². The lowest BCUT2D eigenvalue weighted by molar-refractivity contribution is 0.0631. The predicted molar refractivity (Wildman–Crippen MR) is 116 cm³/mol. The summed E-state index contributed by atoms with van der Waals surface area (Å²) in [4.78, 5) is 51.7. The van der Waals surface area contributed by atoms with E-state index in [9.17, 15) is 19.2 Å². The third kappa shape index (κ3) is 4.02. The maximum absolute atomic E-state index is 12.9. The van der Waals surface area contributed by atoms with Gasteiger partial charge >= 0.3 is 0 Å². The number of fused-ring (bicyclic) bond motifs is 1. The molecule has 8 heteroatoms. The molecule has 2 heterocycles. The van der Waals surface area contributed by atoms with Gasteiger partial charge in [-0.3, -0.25) is 24.1 Å². The van der Waals surface area contributed by atoms with Crippen molar-refractivity contribution >= 4 is 29.3 Å². The van der Waals surface area contributed by atoms with Gasteiger partial charge in [0, 0.05) is 12.1 Å². The number of carbonyl (C=O) groups is 4. The summed E-state index contributed by atoms with van der Waals surface area (Å²) in [6, 6.07) is 14.4. The van der Waals surface area contributed by atoms with Crippen molar-refractivity contribution in [1.29, 1.82) is 0 Å². The number of rotatable bonds is 7. The Kier molecular flexibility index (Phi) is 5.85. The van der Waals surface area contributed by atoms with Crippen LogP contribution in [0.4, 0.5) is 5.69 Å². The minimum absolute atomic E-state index is 0.0150. The first-order valence-electron chi connectivity index (χ1n) is 10.2. The van der Waals surface area contributed by atoms with Gasteiger partial charge in [0.1, 0.15) is 5.76 Å². The fourth-order valence-electron chi connectivity index (χ4n) is 3.45. The van der Waals surface area contributed by atoms with E-state index in [2.05, 4.69) is 10.6 Å². The summed E-state index contributed by atoms with van der Waals surface area (Å²) in [5.74, 6) is -1.23. The number of anilines is 1. The Balaban J connectivity index is 1.54. The lowest BCUT2D eigenvalue weighted by atomic mass is 10.0. The minimum atomic E-state index is -0.492. The summed E-state index contributed by atoms with van der Waals surface area (Å²) in [6.07, 6.45) is 2.26. The molecule has 0 unspecified atom stereocenters. The quantitative estimate of drug-likeness (QED) is 0.557. The number of hydrogen-bond acceptors (Lipinski definition) is 5. The molecule has 2 aromatic carbocycles. The Bertz CT molecular complexity index is 1200. The molecule has 0 saturated heterocycles. The van der Waals surface area contributed by atoms with Crippen molar-refractivity contribution in [3.63, 3.8) is 0 Å². The first-order valence-corrected chi connectivity index (χ1v) is 10.2. The van der Waals surface area contributed by atoms with E-state index in [-0.39, 0.29) is 29.1 Å². The van der Waals surface area contributed by atoms with Gasteiger partial charge in [-0.25, -0.2) is 0 Å². The monoisotopic (exact) mass is 431 g/mol. The van der Waals surface area contributed by atoms with Crippen LogP contribution in [0.2, 0.25) is 0 Å². The molecule has 0 aliphatic carbocycles. The molecule has 4 amide bonds. The van der Waals surface area contributed by atoms with E-state index in [0.29, 0.717) is 23.6 Å². The van der Waals surface area contributed by atoms with Crippen LogP contribution in [0.15, 0.2) is 65.3 Å². The number of benzene rings is 2. The average molecular weight is 431 g/mol. The van der Waals surface area contributed by atoms with E-state index in [1.54, 1.807) is 36.4 Å². The van der Waals surface area contributed by atoms with Crippen LogP contribution in [0.1, 0.15) is 60.5 Å². The average Bonchev–Trinajstić information content (AvgIpc) is 3.40. The molecule has 0 atom stereocenters. The summed E-state index contributed by atoms with van der Waals surface area (Å²) in [5.41, 5.74) is 1.29. The van der Waals surface area contributed by atoms with Gasteiger partial charge in [-0.1, -0.05) is 19.1 Å². The number of carbonyl (C=O) groups excluding carboxylic acids is 4. The van der Waals surface area contributed by atoms with Gasteiger partial charge in [-0.05, 0) is 48.9 Å². The molecule has 0 saturated carbocycles. The molecule has 0 bridgehead atoms. The van der Waals surface area contributed by atoms with Crippen molar-refractivity contribution < 1.29 is 23.6 Å². The first kappa shape index (κ1) is 21.0. The summed E-state index contributed by atoms with van der Waals surface area (Å²) in [7, 11) is 0. The molecular formula is C24H21N3O5. The van der Waals surface area contributed by atoms with Crippen molar-refractivity contribution in [2.75, 3.05) is 11.9 Å². The van der Waals surface area contributed by atoms with Crippen LogP contribution in [0.5, 0.6) is 0 Å². The van der Waals surface area contributed by atoms with Crippen LogP contribution in [0, 0.1) is 0 Å². The zero-order valence-electron chi connectivity index (χ0n) is 17.4. The molecule has 1 aliphatic rings. The highest BCUT2D eigenvalue weighted by molar-refractivity contribution is 6.22. The molecule has 0 fully saturated rings. The number of furan rings is 1. The Morgan fingerprint density at radius 3 is 2.47 bits per heavy atom. The molecule has 2 N–H and O–H groups in total. The largest absolute Gasteiger partial charge is 0.467 e. The Labute approximate surface area is 184 Å². The third-order valence-corrected chi connectivity index (χ3v) is 5.08. The van der Waals surface area contributed by atoms with Gasteiger partial charge < -0.3 is 15.1 Å². The molecule has 4 rings (SSSR count).